The van der Waals surface area contributed by atoms with E-state index >= 15 is 0 Å². The summed E-state index contributed by atoms with van der Waals surface area (Å²) in [5, 5.41) is 26.8. The van der Waals surface area contributed by atoms with E-state index in [9.17, 15) is 0 Å². The van der Waals surface area contributed by atoms with Crippen molar-refractivity contribution in [1.29, 1.82) is 0 Å². The first-order valence-corrected chi connectivity index (χ1v) is 4.00. The SMILES string of the molecule is Cl.NC(CO)Cc1ccc(O)c(O)c1. The molecule has 0 bridgehead atoms. The number of hydrogen-bond donors (Lipinski definition) is 4. The summed E-state index contributed by atoms with van der Waals surface area (Å²) in [6.45, 7) is -0.0956. The normalized spacial score (nSPS) is 11.9. The van der Waals surface area contributed by atoms with Gasteiger partial charge in [0.15, 0.2) is 11.5 Å². The fraction of sp³-hybridized carbons (Fsp3) is 0.333. The second-order valence-electron chi connectivity index (χ2n) is 2.97. The molecular formula is C9H14ClNO3. The lowest BCUT2D eigenvalue weighted by Gasteiger charge is -2.08. The summed E-state index contributed by atoms with van der Waals surface area (Å²) < 4.78 is 0. The van der Waals surface area contributed by atoms with Crippen molar-refractivity contribution in [2.45, 2.75) is 12.5 Å². The van der Waals surface area contributed by atoms with Gasteiger partial charge >= 0.3 is 0 Å². The Kier molecular flexibility index (Phi) is 5.30. The van der Waals surface area contributed by atoms with Gasteiger partial charge in [0.25, 0.3) is 0 Å². The molecule has 0 aliphatic rings. The number of phenols is 2. The van der Waals surface area contributed by atoms with Crippen LogP contribution >= 0.6 is 12.4 Å². The molecular weight excluding hydrogens is 206 g/mol. The number of halogens is 1. The van der Waals surface area contributed by atoms with E-state index in [1.165, 1.54) is 12.1 Å². The number of aliphatic hydroxyl groups is 1. The summed E-state index contributed by atoms with van der Waals surface area (Å²) >= 11 is 0. The van der Waals surface area contributed by atoms with E-state index in [0.29, 0.717) is 6.42 Å². The van der Waals surface area contributed by atoms with Crippen LogP contribution in [0.3, 0.4) is 0 Å². The molecule has 0 aromatic heterocycles. The Bertz CT molecular complexity index is 293. The zero-order valence-corrected chi connectivity index (χ0v) is 8.37. The minimum atomic E-state index is -0.330. The molecule has 0 saturated carbocycles. The lowest BCUT2D eigenvalue weighted by Crippen LogP contribution is -2.26. The highest BCUT2D eigenvalue weighted by molar-refractivity contribution is 5.85. The molecule has 0 fully saturated rings. The highest BCUT2D eigenvalue weighted by Crippen LogP contribution is 2.25. The second kappa shape index (κ2) is 5.70. The topological polar surface area (TPSA) is 86.7 Å². The molecule has 1 aromatic carbocycles. The third kappa shape index (κ3) is 3.41. The van der Waals surface area contributed by atoms with Crippen molar-refractivity contribution < 1.29 is 15.3 Å². The molecule has 1 atom stereocenters. The van der Waals surface area contributed by atoms with Crippen molar-refractivity contribution in [2.75, 3.05) is 6.61 Å². The number of benzene rings is 1. The summed E-state index contributed by atoms with van der Waals surface area (Å²) in [6.07, 6.45) is 0.477. The first kappa shape index (κ1) is 13.0. The molecule has 80 valence electrons. The van der Waals surface area contributed by atoms with Crippen LogP contribution in [-0.4, -0.2) is 28.0 Å². The highest BCUT2D eigenvalue weighted by Gasteiger charge is 2.04. The average Bonchev–Trinajstić information content (AvgIpc) is 2.11. The van der Waals surface area contributed by atoms with Crippen molar-refractivity contribution in [1.82, 2.24) is 0 Å². The summed E-state index contributed by atoms with van der Waals surface area (Å²) in [7, 11) is 0. The number of phenolic OH excluding ortho intramolecular Hbond substituents is 2. The van der Waals surface area contributed by atoms with Gasteiger partial charge in [-0.3, -0.25) is 0 Å². The third-order valence-electron chi connectivity index (χ3n) is 1.77. The van der Waals surface area contributed by atoms with Crippen LogP contribution in [0.1, 0.15) is 5.56 Å². The zero-order chi connectivity index (χ0) is 9.84. The maximum Gasteiger partial charge on any atom is 0.157 e. The van der Waals surface area contributed by atoms with Gasteiger partial charge in [-0.2, -0.15) is 0 Å². The fourth-order valence-electron chi connectivity index (χ4n) is 1.06. The molecule has 0 amide bonds. The Morgan fingerprint density at radius 3 is 2.36 bits per heavy atom. The Labute approximate surface area is 88.4 Å². The molecule has 0 aliphatic heterocycles. The van der Waals surface area contributed by atoms with E-state index in [0.717, 1.165) is 5.56 Å². The molecule has 1 rings (SSSR count). The van der Waals surface area contributed by atoms with Crippen LogP contribution in [0.4, 0.5) is 0 Å². The molecule has 14 heavy (non-hydrogen) atoms. The number of aliphatic hydroxyl groups excluding tert-OH is 1. The third-order valence-corrected chi connectivity index (χ3v) is 1.77. The van der Waals surface area contributed by atoms with Gasteiger partial charge in [0, 0.05) is 6.04 Å². The zero-order valence-electron chi connectivity index (χ0n) is 7.55. The Balaban J connectivity index is 0.00000169. The van der Waals surface area contributed by atoms with E-state index in [2.05, 4.69) is 0 Å². The lowest BCUT2D eigenvalue weighted by atomic mass is 10.1. The minimum absolute atomic E-state index is 0. The maximum absolute atomic E-state index is 9.13. The van der Waals surface area contributed by atoms with Crippen molar-refractivity contribution in [3.63, 3.8) is 0 Å². The minimum Gasteiger partial charge on any atom is -0.504 e. The summed E-state index contributed by atoms with van der Waals surface area (Å²) in [5.41, 5.74) is 6.29. The average molecular weight is 220 g/mol. The fourth-order valence-corrected chi connectivity index (χ4v) is 1.06. The quantitative estimate of drug-likeness (QED) is 0.554. The lowest BCUT2D eigenvalue weighted by molar-refractivity contribution is 0.265. The largest absolute Gasteiger partial charge is 0.504 e. The molecule has 0 saturated heterocycles. The molecule has 5 N–H and O–H groups in total. The molecule has 1 aromatic rings. The first-order chi connectivity index (χ1) is 6.13. The van der Waals surface area contributed by atoms with E-state index in [1.807, 2.05) is 0 Å². The summed E-state index contributed by atoms with van der Waals surface area (Å²) in [5.74, 6) is -0.316. The van der Waals surface area contributed by atoms with Gasteiger partial charge < -0.3 is 21.1 Å². The number of nitrogens with two attached hydrogens (primary N) is 1. The molecule has 0 spiro atoms. The van der Waals surface area contributed by atoms with E-state index < -0.39 is 0 Å². The monoisotopic (exact) mass is 219 g/mol. The van der Waals surface area contributed by atoms with E-state index in [1.54, 1.807) is 6.07 Å². The van der Waals surface area contributed by atoms with Crippen LogP contribution in [0.25, 0.3) is 0 Å². The van der Waals surface area contributed by atoms with Crippen LogP contribution in [0, 0.1) is 0 Å². The predicted molar refractivity (Wildman–Crippen MR) is 55.8 cm³/mol. The van der Waals surface area contributed by atoms with Gasteiger partial charge in [0.1, 0.15) is 0 Å². The Hall–Kier alpha value is -0.970. The Morgan fingerprint density at radius 1 is 1.21 bits per heavy atom. The second-order valence-corrected chi connectivity index (χ2v) is 2.97. The van der Waals surface area contributed by atoms with Crippen LogP contribution in [-0.2, 0) is 6.42 Å². The Morgan fingerprint density at radius 2 is 1.86 bits per heavy atom. The smallest absolute Gasteiger partial charge is 0.157 e. The molecule has 1 unspecified atom stereocenters. The van der Waals surface area contributed by atoms with Gasteiger partial charge in [-0.25, -0.2) is 0 Å². The molecule has 4 nitrogen and oxygen atoms in total. The standard InChI is InChI=1S/C9H13NO3.ClH/c10-7(5-11)3-6-1-2-8(12)9(13)4-6;/h1-2,4,7,11-13H,3,5,10H2;1H. The van der Waals surface area contributed by atoms with Crippen molar-refractivity contribution in [3.8, 4) is 11.5 Å². The van der Waals surface area contributed by atoms with Crippen LogP contribution in [0.2, 0.25) is 0 Å². The predicted octanol–water partition coefficient (Wildman–Crippen LogP) is 0.382. The number of hydrogen-bond acceptors (Lipinski definition) is 4. The van der Waals surface area contributed by atoms with Crippen molar-refractivity contribution in [2.24, 2.45) is 5.73 Å². The van der Waals surface area contributed by atoms with Crippen LogP contribution in [0.5, 0.6) is 11.5 Å². The van der Waals surface area contributed by atoms with Crippen LogP contribution < -0.4 is 5.73 Å². The molecule has 0 radical (unpaired) electrons. The summed E-state index contributed by atoms with van der Waals surface area (Å²) in [6, 6.07) is 4.16. The van der Waals surface area contributed by atoms with E-state index in [-0.39, 0.29) is 36.6 Å². The first-order valence-electron chi connectivity index (χ1n) is 4.00. The van der Waals surface area contributed by atoms with Gasteiger partial charge in [0.2, 0.25) is 0 Å². The molecule has 0 aliphatic carbocycles. The number of aromatic hydroxyl groups is 2. The maximum atomic E-state index is 9.13. The molecule has 5 heteroatoms. The van der Waals surface area contributed by atoms with Gasteiger partial charge in [-0.05, 0) is 24.1 Å². The van der Waals surface area contributed by atoms with E-state index in [4.69, 9.17) is 21.1 Å². The number of rotatable bonds is 3. The van der Waals surface area contributed by atoms with Crippen LogP contribution in [0.15, 0.2) is 18.2 Å². The highest BCUT2D eigenvalue weighted by atomic mass is 35.5. The van der Waals surface area contributed by atoms with Gasteiger partial charge in [-0.1, -0.05) is 6.07 Å². The summed E-state index contributed by atoms with van der Waals surface area (Å²) in [4.78, 5) is 0. The van der Waals surface area contributed by atoms with Gasteiger partial charge in [0.05, 0.1) is 6.61 Å². The van der Waals surface area contributed by atoms with Crippen molar-refractivity contribution >= 4 is 12.4 Å². The van der Waals surface area contributed by atoms with Crippen molar-refractivity contribution in [3.05, 3.63) is 23.8 Å². The molecule has 0 heterocycles. The van der Waals surface area contributed by atoms with Gasteiger partial charge in [-0.15, -0.1) is 12.4 Å².